The molecule has 1 aliphatic rings. The third-order valence-corrected chi connectivity index (χ3v) is 5.62. The number of pyridine rings is 1. The van der Waals surface area contributed by atoms with Crippen LogP contribution in [0.25, 0.3) is 0 Å². The van der Waals surface area contributed by atoms with E-state index in [0.29, 0.717) is 12.1 Å². The van der Waals surface area contributed by atoms with E-state index in [0.717, 1.165) is 56.2 Å². The molecule has 2 aromatic rings. The normalized spacial score (nSPS) is 14.8. The van der Waals surface area contributed by atoms with E-state index in [1.807, 2.05) is 24.3 Å². The van der Waals surface area contributed by atoms with Crippen LogP contribution in [-0.2, 0) is 0 Å². The lowest BCUT2D eigenvalue weighted by atomic mass is 10.0. The summed E-state index contributed by atoms with van der Waals surface area (Å²) in [5.74, 6) is 1.55. The van der Waals surface area contributed by atoms with Crippen molar-refractivity contribution in [3.8, 4) is 5.75 Å². The lowest BCUT2D eigenvalue weighted by molar-refractivity contribution is 0.0935. The van der Waals surface area contributed by atoms with E-state index in [-0.39, 0.29) is 11.9 Å². The van der Waals surface area contributed by atoms with Crippen molar-refractivity contribution in [1.82, 2.24) is 15.2 Å². The number of amides is 1. The molecule has 1 fully saturated rings. The first-order valence-electron chi connectivity index (χ1n) is 10.5. The number of rotatable bonds is 9. The SMILES string of the molecule is CCN(CC)C(CNC(=O)c1cccnc1N1CCCC1)c1cccc(OC)c1. The van der Waals surface area contributed by atoms with Crippen molar-refractivity contribution in [1.29, 1.82) is 0 Å². The number of nitrogens with zero attached hydrogens (tertiary/aromatic N) is 3. The summed E-state index contributed by atoms with van der Waals surface area (Å²) in [6.45, 7) is 8.55. The molecule has 3 rings (SSSR count). The molecule has 1 amide bonds. The quantitative estimate of drug-likeness (QED) is 0.703. The molecule has 0 saturated carbocycles. The van der Waals surface area contributed by atoms with Gasteiger partial charge in [0.05, 0.1) is 18.7 Å². The van der Waals surface area contributed by atoms with Gasteiger partial charge in [0.2, 0.25) is 0 Å². The number of carbonyl (C=O) groups excluding carboxylic acids is 1. The monoisotopic (exact) mass is 396 g/mol. The highest BCUT2D eigenvalue weighted by molar-refractivity contribution is 5.98. The van der Waals surface area contributed by atoms with Gasteiger partial charge in [-0.05, 0) is 55.8 Å². The topological polar surface area (TPSA) is 57.7 Å². The maximum atomic E-state index is 13.1. The van der Waals surface area contributed by atoms with Gasteiger partial charge in [0, 0.05) is 25.8 Å². The van der Waals surface area contributed by atoms with Crippen molar-refractivity contribution in [2.45, 2.75) is 32.7 Å². The highest BCUT2D eigenvalue weighted by Crippen LogP contribution is 2.25. The van der Waals surface area contributed by atoms with Gasteiger partial charge in [0.1, 0.15) is 11.6 Å². The number of aromatic nitrogens is 1. The molecular weight excluding hydrogens is 364 g/mol. The zero-order valence-corrected chi connectivity index (χ0v) is 17.7. The fourth-order valence-corrected chi connectivity index (χ4v) is 4.01. The van der Waals surface area contributed by atoms with Crippen molar-refractivity contribution in [2.24, 2.45) is 0 Å². The second-order valence-electron chi connectivity index (χ2n) is 7.29. The Morgan fingerprint density at radius 3 is 2.66 bits per heavy atom. The molecule has 1 aromatic carbocycles. The molecule has 29 heavy (non-hydrogen) atoms. The maximum absolute atomic E-state index is 13.1. The number of hydrogen-bond donors (Lipinski definition) is 1. The van der Waals surface area contributed by atoms with Gasteiger partial charge in [-0.1, -0.05) is 26.0 Å². The second-order valence-corrected chi connectivity index (χ2v) is 7.29. The first kappa shape index (κ1) is 21.1. The predicted molar refractivity (Wildman–Crippen MR) is 117 cm³/mol. The van der Waals surface area contributed by atoms with E-state index in [9.17, 15) is 4.79 Å². The predicted octanol–water partition coefficient (Wildman–Crippen LogP) is 3.50. The van der Waals surface area contributed by atoms with Crippen LogP contribution in [0, 0.1) is 0 Å². The van der Waals surface area contributed by atoms with E-state index >= 15 is 0 Å². The molecule has 1 N–H and O–H groups in total. The summed E-state index contributed by atoms with van der Waals surface area (Å²) < 4.78 is 5.40. The molecule has 1 atom stereocenters. The molecule has 1 aliphatic heterocycles. The van der Waals surface area contributed by atoms with Crippen molar-refractivity contribution >= 4 is 11.7 Å². The Labute approximate surface area is 173 Å². The third kappa shape index (κ3) is 5.07. The molecular formula is C23H32N4O2. The Hall–Kier alpha value is -2.60. The highest BCUT2D eigenvalue weighted by atomic mass is 16.5. The Kier molecular flexibility index (Phi) is 7.47. The molecule has 6 heteroatoms. The largest absolute Gasteiger partial charge is 0.497 e. The Morgan fingerprint density at radius 2 is 1.97 bits per heavy atom. The van der Waals surface area contributed by atoms with E-state index in [4.69, 9.17) is 4.74 Å². The van der Waals surface area contributed by atoms with Gasteiger partial charge in [0.25, 0.3) is 5.91 Å². The molecule has 156 valence electrons. The number of likely N-dealkylation sites (N-methyl/N-ethyl adjacent to an activating group) is 1. The van der Waals surface area contributed by atoms with E-state index < -0.39 is 0 Å². The maximum Gasteiger partial charge on any atom is 0.255 e. The number of hydrogen-bond acceptors (Lipinski definition) is 5. The van der Waals surface area contributed by atoms with Crippen LogP contribution >= 0.6 is 0 Å². The Morgan fingerprint density at radius 1 is 1.21 bits per heavy atom. The minimum absolute atomic E-state index is 0.0694. The molecule has 2 heterocycles. The van der Waals surface area contributed by atoms with Crippen molar-refractivity contribution < 1.29 is 9.53 Å². The lowest BCUT2D eigenvalue weighted by Gasteiger charge is -2.30. The smallest absolute Gasteiger partial charge is 0.255 e. The molecule has 0 spiro atoms. The van der Waals surface area contributed by atoms with Crippen LogP contribution in [0.15, 0.2) is 42.6 Å². The third-order valence-electron chi connectivity index (χ3n) is 5.62. The van der Waals surface area contributed by atoms with Gasteiger partial charge >= 0.3 is 0 Å². The van der Waals surface area contributed by atoms with Crippen LogP contribution < -0.4 is 15.0 Å². The number of nitrogens with one attached hydrogen (secondary N) is 1. The van der Waals surface area contributed by atoms with Crippen LogP contribution in [-0.4, -0.2) is 55.6 Å². The molecule has 1 saturated heterocycles. The average Bonchev–Trinajstić information content (AvgIpc) is 3.31. The first-order valence-corrected chi connectivity index (χ1v) is 10.5. The standard InChI is InChI=1S/C23H32N4O2/c1-4-26(5-2)21(18-10-8-11-19(16-18)29-3)17-25-23(28)20-12-9-13-24-22(20)27-14-6-7-15-27/h8-13,16,21H,4-7,14-15,17H2,1-3H3,(H,25,28). The van der Waals surface area contributed by atoms with Crippen LogP contribution in [0.3, 0.4) is 0 Å². The van der Waals surface area contributed by atoms with Gasteiger partial charge in [-0.2, -0.15) is 0 Å². The molecule has 0 bridgehead atoms. The molecule has 6 nitrogen and oxygen atoms in total. The average molecular weight is 397 g/mol. The summed E-state index contributed by atoms with van der Waals surface area (Å²) in [6.07, 6.45) is 4.06. The molecule has 1 unspecified atom stereocenters. The number of benzene rings is 1. The fraction of sp³-hybridized carbons (Fsp3) is 0.478. The number of methoxy groups -OCH3 is 1. The minimum Gasteiger partial charge on any atom is -0.497 e. The number of anilines is 1. The molecule has 1 aromatic heterocycles. The second kappa shape index (κ2) is 10.3. The summed E-state index contributed by atoms with van der Waals surface area (Å²) in [4.78, 5) is 22.1. The summed E-state index contributed by atoms with van der Waals surface area (Å²) in [7, 11) is 1.68. The summed E-state index contributed by atoms with van der Waals surface area (Å²) in [5.41, 5.74) is 1.79. The zero-order chi connectivity index (χ0) is 20.6. The van der Waals surface area contributed by atoms with Crippen LogP contribution in [0.5, 0.6) is 5.75 Å². The number of carbonyl (C=O) groups is 1. The van der Waals surface area contributed by atoms with Gasteiger partial charge in [-0.3, -0.25) is 9.69 Å². The van der Waals surface area contributed by atoms with Crippen molar-refractivity contribution in [3.05, 3.63) is 53.7 Å². The van der Waals surface area contributed by atoms with Crippen molar-refractivity contribution in [2.75, 3.05) is 44.7 Å². The number of ether oxygens (including phenoxy) is 1. The van der Waals surface area contributed by atoms with Gasteiger partial charge in [0.15, 0.2) is 0 Å². The Balaban J connectivity index is 1.78. The molecule has 0 aliphatic carbocycles. The van der Waals surface area contributed by atoms with Gasteiger partial charge in [-0.25, -0.2) is 4.98 Å². The Bertz CT molecular complexity index is 801. The minimum atomic E-state index is -0.0694. The zero-order valence-electron chi connectivity index (χ0n) is 17.7. The van der Waals surface area contributed by atoms with E-state index in [1.165, 1.54) is 0 Å². The van der Waals surface area contributed by atoms with Crippen molar-refractivity contribution in [3.63, 3.8) is 0 Å². The van der Waals surface area contributed by atoms with Gasteiger partial charge in [-0.15, -0.1) is 0 Å². The lowest BCUT2D eigenvalue weighted by Crippen LogP contribution is -2.38. The summed E-state index contributed by atoms with van der Waals surface area (Å²) in [5, 5.41) is 3.16. The molecule has 0 radical (unpaired) electrons. The van der Waals surface area contributed by atoms with E-state index in [1.54, 1.807) is 13.3 Å². The highest BCUT2D eigenvalue weighted by Gasteiger charge is 2.23. The first-order chi connectivity index (χ1) is 14.2. The van der Waals surface area contributed by atoms with Crippen LogP contribution in [0.4, 0.5) is 5.82 Å². The van der Waals surface area contributed by atoms with Crippen LogP contribution in [0.2, 0.25) is 0 Å². The summed E-state index contributed by atoms with van der Waals surface area (Å²) in [6, 6.07) is 11.9. The van der Waals surface area contributed by atoms with E-state index in [2.05, 4.69) is 46.1 Å². The fourth-order valence-electron chi connectivity index (χ4n) is 4.01. The van der Waals surface area contributed by atoms with Gasteiger partial charge < -0.3 is 15.0 Å². The summed E-state index contributed by atoms with van der Waals surface area (Å²) >= 11 is 0. The van der Waals surface area contributed by atoms with Crippen LogP contribution in [0.1, 0.15) is 48.7 Å².